The molecule has 0 aromatic rings. The third-order valence-corrected chi connectivity index (χ3v) is 2.34. The lowest BCUT2D eigenvalue weighted by atomic mass is 10.2. The quantitative estimate of drug-likeness (QED) is 0.676. The van der Waals surface area contributed by atoms with Crippen LogP contribution in [0.15, 0.2) is 0 Å². The van der Waals surface area contributed by atoms with Gasteiger partial charge < -0.3 is 10.1 Å². The Balaban J connectivity index is -0.000000285. The predicted molar refractivity (Wildman–Crippen MR) is 102 cm³/mol. The van der Waals surface area contributed by atoms with Gasteiger partial charge in [-0.15, -0.1) is 0 Å². The van der Waals surface area contributed by atoms with E-state index in [1.807, 2.05) is 0 Å². The van der Waals surface area contributed by atoms with Gasteiger partial charge in [0.2, 0.25) is 0 Å². The second kappa shape index (κ2) is 20.3. The molecule has 1 heterocycles. The van der Waals surface area contributed by atoms with E-state index >= 15 is 0 Å². The van der Waals surface area contributed by atoms with E-state index in [0.29, 0.717) is 0 Å². The molecule has 1 fully saturated rings. The van der Waals surface area contributed by atoms with Crippen molar-refractivity contribution in [3.8, 4) is 0 Å². The average molecular weight is 387 g/mol. The Morgan fingerprint density at radius 1 is 0.556 bits per heavy atom. The summed E-state index contributed by atoms with van der Waals surface area (Å²) in [7, 11) is 0. The fraction of sp³-hybridized carbons (Fsp3) is 0.684. The molecule has 0 spiro atoms. The van der Waals surface area contributed by atoms with Crippen molar-refractivity contribution < 1.29 is 33.5 Å². The highest BCUT2D eigenvalue weighted by molar-refractivity contribution is 5.97. The van der Waals surface area contributed by atoms with Crippen molar-refractivity contribution in [2.45, 2.75) is 60.8 Å². The van der Waals surface area contributed by atoms with Crippen molar-refractivity contribution in [3.05, 3.63) is 0 Å². The van der Waals surface area contributed by atoms with Crippen LogP contribution < -0.4 is 5.32 Å². The van der Waals surface area contributed by atoms with Crippen molar-refractivity contribution in [3.63, 3.8) is 0 Å². The van der Waals surface area contributed by atoms with Crippen LogP contribution in [0.4, 0.5) is 0 Å². The number of Topliss-reactive ketones (excluding diaryl/α,β-unsaturated/α-hetero) is 6. The number of rotatable bonds is 6. The van der Waals surface area contributed by atoms with Gasteiger partial charge in [0.1, 0.15) is 34.7 Å². The minimum Gasteiger partial charge on any atom is -0.379 e. The molecule has 1 aliphatic heterocycles. The fourth-order valence-corrected chi connectivity index (χ4v) is 1.57. The molecule has 8 nitrogen and oxygen atoms in total. The van der Waals surface area contributed by atoms with Crippen LogP contribution in [0.25, 0.3) is 0 Å². The van der Waals surface area contributed by atoms with Crippen LogP contribution in [0, 0.1) is 0 Å². The second-order valence-electron chi connectivity index (χ2n) is 6.10. The van der Waals surface area contributed by atoms with Crippen molar-refractivity contribution in [1.29, 1.82) is 0 Å². The summed E-state index contributed by atoms with van der Waals surface area (Å²) in [6, 6.07) is 0. The molecule has 156 valence electrons. The van der Waals surface area contributed by atoms with Crippen molar-refractivity contribution >= 4 is 34.7 Å². The van der Waals surface area contributed by atoms with Gasteiger partial charge in [-0.3, -0.25) is 28.8 Å². The zero-order valence-electron chi connectivity index (χ0n) is 17.3. The largest absolute Gasteiger partial charge is 0.379 e. The van der Waals surface area contributed by atoms with Gasteiger partial charge in [0.25, 0.3) is 0 Å². The van der Waals surface area contributed by atoms with Gasteiger partial charge in [-0.25, -0.2) is 0 Å². The highest BCUT2D eigenvalue weighted by atomic mass is 16.5. The monoisotopic (exact) mass is 387 g/mol. The summed E-state index contributed by atoms with van der Waals surface area (Å²) in [6.45, 7) is 12.3. The molecule has 1 N–H and O–H groups in total. The van der Waals surface area contributed by atoms with Crippen molar-refractivity contribution in [2.24, 2.45) is 0 Å². The molecule has 0 bridgehead atoms. The Bertz CT molecular complexity index is 385. The molecular formula is C19H33NO7. The number of hydrogen-bond acceptors (Lipinski definition) is 8. The first-order valence-corrected chi connectivity index (χ1v) is 8.63. The molecule has 1 rings (SSSR count). The van der Waals surface area contributed by atoms with Crippen LogP contribution in [-0.2, 0) is 33.5 Å². The van der Waals surface area contributed by atoms with Gasteiger partial charge in [0.15, 0.2) is 0 Å². The van der Waals surface area contributed by atoms with Gasteiger partial charge in [0.05, 0.1) is 32.5 Å². The standard InChI is InChI=1S/3C5H8O2.C4H9NO/c3*1-4(6)3-5(2)7;1-3-6-4-2-5-1/h3*3H2,1-2H3;5H,1-4H2. The second-order valence-corrected chi connectivity index (χ2v) is 6.10. The van der Waals surface area contributed by atoms with E-state index in [-0.39, 0.29) is 54.0 Å². The molecule has 0 aromatic heterocycles. The van der Waals surface area contributed by atoms with Gasteiger partial charge in [0, 0.05) is 13.1 Å². The van der Waals surface area contributed by atoms with E-state index in [1.54, 1.807) is 0 Å². The van der Waals surface area contributed by atoms with E-state index in [9.17, 15) is 28.8 Å². The zero-order chi connectivity index (χ0) is 21.8. The molecule has 0 unspecified atom stereocenters. The molecule has 1 saturated heterocycles. The first kappa shape index (κ1) is 29.7. The summed E-state index contributed by atoms with van der Waals surface area (Å²) >= 11 is 0. The summed E-state index contributed by atoms with van der Waals surface area (Å²) in [5, 5.41) is 3.16. The van der Waals surface area contributed by atoms with Gasteiger partial charge in [-0.05, 0) is 41.5 Å². The molecular weight excluding hydrogens is 354 g/mol. The van der Waals surface area contributed by atoms with Crippen LogP contribution in [0.2, 0.25) is 0 Å². The summed E-state index contributed by atoms with van der Waals surface area (Å²) in [6.07, 6.45) is 0.250. The highest BCUT2D eigenvalue weighted by Gasteiger charge is 1.96. The summed E-state index contributed by atoms with van der Waals surface area (Å²) in [4.78, 5) is 60.2. The molecule has 27 heavy (non-hydrogen) atoms. The number of nitrogens with one attached hydrogen (secondary N) is 1. The molecule has 8 heteroatoms. The van der Waals surface area contributed by atoms with Crippen LogP contribution >= 0.6 is 0 Å². The molecule has 0 saturated carbocycles. The van der Waals surface area contributed by atoms with Crippen LogP contribution in [-0.4, -0.2) is 61.0 Å². The van der Waals surface area contributed by atoms with Crippen molar-refractivity contribution in [2.75, 3.05) is 26.3 Å². The van der Waals surface area contributed by atoms with Crippen LogP contribution in [0.1, 0.15) is 60.8 Å². The normalized spacial score (nSPS) is 11.8. The molecule has 0 aliphatic carbocycles. The Labute approximate surface area is 161 Å². The van der Waals surface area contributed by atoms with Crippen LogP contribution in [0.5, 0.6) is 0 Å². The lowest BCUT2D eigenvalue weighted by Gasteiger charge is -2.10. The number of carbonyl (C=O) groups is 6. The Kier molecular flexibility index (Phi) is 22.3. The summed E-state index contributed by atoms with van der Waals surface area (Å²) in [5.74, 6) is -0.375. The Morgan fingerprint density at radius 3 is 0.815 bits per heavy atom. The highest BCUT2D eigenvalue weighted by Crippen LogP contribution is 1.81. The van der Waals surface area contributed by atoms with E-state index in [0.717, 1.165) is 26.3 Å². The van der Waals surface area contributed by atoms with E-state index < -0.39 is 0 Å². The number of carbonyl (C=O) groups excluding carboxylic acids is 6. The minimum atomic E-state index is -0.0625. The number of hydrogen-bond donors (Lipinski definition) is 1. The van der Waals surface area contributed by atoms with Crippen molar-refractivity contribution in [1.82, 2.24) is 5.32 Å². The summed E-state index contributed by atoms with van der Waals surface area (Å²) < 4.78 is 5.01. The lowest BCUT2D eigenvalue weighted by molar-refractivity contribution is -0.126. The van der Waals surface area contributed by atoms with Crippen LogP contribution in [0.3, 0.4) is 0 Å². The first-order valence-electron chi connectivity index (χ1n) is 8.63. The predicted octanol–water partition coefficient (Wildman–Crippen LogP) is 1.27. The smallest absolute Gasteiger partial charge is 0.137 e. The van der Waals surface area contributed by atoms with Gasteiger partial charge in [-0.2, -0.15) is 0 Å². The molecule has 1 aliphatic rings. The maximum Gasteiger partial charge on any atom is 0.137 e. The topological polar surface area (TPSA) is 124 Å². The summed E-state index contributed by atoms with van der Waals surface area (Å²) in [5.41, 5.74) is 0. The minimum absolute atomic E-state index is 0.0625. The average Bonchev–Trinajstić information content (AvgIpc) is 2.46. The molecule has 0 aromatic carbocycles. The maximum absolute atomic E-state index is 10.0. The fourth-order valence-electron chi connectivity index (χ4n) is 1.57. The maximum atomic E-state index is 10.0. The SMILES string of the molecule is C1COCCN1.CC(=O)CC(C)=O.CC(=O)CC(C)=O.CC(=O)CC(C)=O. The molecule has 0 amide bonds. The Hall–Kier alpha value is -2.06. The first-order chi connectivity index (χ1) is 12.4. The third kappa shape index (κ3) is 45.4. The van der Waals surface area contributed by atoms with E-state index in [2.05, 4.69) is 5.32 Å². The zero-order valence-corrected chi connectivity index (χ0v) is 17.3. The van der Waals surface area contributed by atoms with E-state index in [4.69, 9.17) is 4.74 Å². The van der Waals surface area contributed by atoms with E-state index in [1.165, 1.54) is 41.5 Å². The number of ether oxygens (including phenoxy) is 1. The molecule has 0 radical (unpaired) electrons. The van der Waals surface area contributed by atoms with Gasteiger partial charge >= 0.3 is 0 Å². The molecule has 0 atom stereocenters. The number of morpholine rings is 1. The third-order valence-electron chi connectivity index (χ3n) is 2.34. The number of ketones is 6. The van der Waals surface area contributed by atoms with Gasteiger partial charge in [-0.1, -0.05) is 0 Å². The Morgan fingerprint density at radius 2 is 0.778 bits per heavy atom. The lowest BCUT2D eigenvalue weighted by Crippen LogP contribution is -2.30.